The fraction of sp³-hybridized carbons (Fsp3) is 0.0667. The molecule has 0 atom stereocenters. The predicted molar refractivity (Wildman–Crippen MR) is 82.9 cm³/mol. The third kappa shape index (κ3) is 3.41. The Hall–Kier alpha value is -2.34. The van der Waals surface area contributed by atoms with Gasteiger partial charge in [-0.1, -0.05) is 33.2 Å². The van der Waals surface area contributed by atoms with Crippen molar-refractivity contribution in [2.45, 2.75) is 6.54 Å². The molecule has 0 amide bonds. The fourth-order valence-electron chi connectivity index (χ4n) is 1.83. The molecule has 3 aromatic rings. The smallest absolute Gasteiger partial charge is 0.246 e. The number of rotatable bonds is 4. The normalized spacial score (nSPS) is 10.5. The number of nitrogens with one attached hydrogen (secondary N) is 1. The molecular weight excluding hydrogens is 334 g/mol. The van der Waals surface area contributed by atoms with Gasteiger partial charge in [-0.05, 0) is 36.4 Å². The monoisotopic (exact) mass is 345 g/mol. The minimum absolute atomic E-state index is 0.232. The second-order valence-corrected chi connectivity index (χ2v) is 5.34. The van der Waals surface area contributed by atoms with Gasteiger partial charge < -0.3 is 14.9 Å². The van der Waals surface area contributed by atoms with Crippen LogP contribution in [0.4, 0.5) is 5.69 Å². The predicted octanol–water partition coefficient (Wildman–Crippen LogP) is 3.82. The van der Waals surface area contributed by atoms with Crippen LogP contribution in [0.25, 0.3) is 11.4 Å². The Morgan fingerprint density at radius 1 is 1.14 bits per heavy atom. The summed E-state index contributed by atoms with van der Waals surface area (Å²) in [6.07, 6.45) is 0. The van der Waals surface area contributed by atoms with Crippen molar-refractivity contribution in [2.24, 2.45) is 0 Å². The Kier molecular flexibility index (Phi) is 3.87. The van der Waals surface area contributed by atoms with E-state index in [1.54, 1.807) is 24.3 Å². The first-order valence-corrected chi connectivity index (χ1v) is 7.11. The molecule has 6 heteroatoms. The lowest BCUT2D eigenvalue weighted by Crippen LogP contribution is -1.99. The van der Waals surface area contributed by atoms with E-state index in [1.807, 2.05) is 24.3 Å². The van der Waals surface area contributed by atoms with E-state index in [9.17, 15) is 5.11 Å². The summed E-state index contributed by atoms with van der Waals surface area (Å²) in [5.74, 6) is 1.28. The fourth-order valence-corrected chi connectivity index (χ4v) is 2.23. The Balaban J connectivity index is 1.69. The standard InChI is InChI=1S/C15H12BrN3O2/c16-11-3-1-2-10(8-11)15-18-14(21-19-15)9-17-12-4-6-13(20)7-5-12/h1-8,17,20H,9H2. The highest BCUT2D eigenvalue weighted by molar-refractivity contribution is 9.10. The van der Waals surface area contributed by atoms with Crippen molar-refractivity contribution in [3.05, 3.63) is 58.9 Å². The minimum Gasteiger partial charge on any atom is -0.508 e. The van der Waals surface area contributed by atoms with Crippen LogP contribution in [0, 0.1) is 0 Å². The second-order valence-electron chi connectivity index (χ2n) is 4.42. The van der Waals surface area contributed by atoms with Gasteiger partial charge in [-0.25, -0.2) is 0 Å². The maximum Gasteiger partial charge on any atom is 0.246 e. The molecule has 0 fully saturated rings. The van der Waals surface area contributed by atoms with Gasteiger partial charge in [0.25, 0.3) is 0 Å². The number of hydrogen-bond donors (Lipinski definition) is 2. The van der Waals surface area contributed by atoms with Gasteiger partial charge in [-0.2, -0.15) is 4.98 Å². The SMILES string of the molecule is Oc1ccc(NCc2nc(-c3cccc(Br)c3)no2)cc1. The molecule has 1 aromatic heterocycles. The first-order chi connectivity index (χ1) is 10.2. The van der Waals surface area contributed by atoms with E-state index in [4.69, 9.17) is 4.52 Å². The number of hydrogen-bond acceptors (Lipinski definition) is 5. The van der Waals surface area contributed by atoms with Crippen LogP contribution in [0.3, 0.4) is 0 Å². The average Bonchev–Trinajstić information content (AvgIpc) is 2.96. The molecule has 3 rings (SSSR count). The van der Waals surface area contributed by atoms with Crippen LogP contribution in [0.2, 0.25) is 0 Å². The van der Waals surface area contributed by atoms with Crippen LogP contribution in [-0.2, 0) is 6.54 Å². The maximum atomic E-state index is 9.22. The number of aromatic hydroxyl groups is 1. The largest absolute Gasteiger partial charge is 0.508 e. The highest BCUT2D eigenvalue weighted by Gasteiger charge is 2.08. The molecule has 0 radical (unpaired) electrons. The van der Waals surface area contributed by atoms with Gasteiger partial charge in [-0.3, -0.25) is 0 Å². The van der Waals surface area contributed by atoms with Crippen LogP contribution in [0.15, 0.2) is 57.5 Å². The lowest BCUT2D eigenvalue weighted by molar-refractivity contribution is 0.384. The number of benzene rings is 2. The van der Waals surface area contributed by atoms with Crippen molar-refractivity contribution in [1.29, 1.82) is 0 Å². The molecular formula is C15H12BrN3O2. The van der Waals surface area contributed by atoms with E-state index >= 15 is 0 Å². The molecule has 2 N–H and O–H groups in total. The van der Waals surface area contributed by atoms with Gasteiger partial charge in [0.15, 0.2) is 0 Å². The van der Waals surface area contributed by atoms with Gasteiger partial charge in [0.2, 0.25) is 11.7 Å². The van der Waals surface area contributed by atoms with Gasteiger partial charge in [0, 0.05) is 15.7 Å². The number of halogens is 1. The van der Waals surface area contributed by atoms with Crippen molar-refractivity contribution < 1.29 is 9.63 Å². The quantitative estimate of drug-likeness (QED) is 0.703. The molecule has 1 heterocycles. The van der Waals surface area contributed by atoms with E-state index in [0.29, 0.717) is 18.3 Å². The Morgan fingerprint density at radius 2 is 1.95 bits per heavy atom. The molecule has 21 heavy (non-hydrogen) atoms. The molecule has 0 unspecified atom stereocenters. The zero-order valence-corrected chi connectivity index (χ0v) is 12.5. The van der Waals surface area contributed by atoms with Crippen molar-refractivity contribution >= 4 is 21.6 Å². The lowest BCUT2D eigenvalue weighted by Gasteiger charge is -2.02. The van der Waals surface area contributed by atoms with Gasteiger partial charge in [0.1, 0.15) is 5.75 Å². The third-order valence-corrected chi connectivity index (χ3v) is 3.36. The number of nitrogens with zero attached hydrogens (tertiary/aromatic N) is 2. The Labute approximate surface area is 129 Å². The second kappa shape index (κ2) is 5.97. The molecule has 0 aliphatic rings. The molecule has 2 aromatic carbocycles. The summed E-state index contributed by atoms with van der Waals surface area (Å²) in [6.45, 7) is 0.422. The summed E-state index contributed by atoms with van der Waals surface area (Å²) in [5.41, 5.74) is 1.76. The number of aromatic nitrogens is 2. The Morgan fingerprint density at radius 3 is 2.71 bits per heavy atom. The first-order valence-electron chi connectivity index (χ1n) is 6.32. The van der Waals surface area contributed by atoms with Gasteiger partial charge in [0.05, 0.1) is 6.54 Å². The highest BCUT2D eigenvalue weighted by atomic mass is 79.9. The third-order valence-electron chi connectivity index (χ3n) is 2.86. The van der Waals surface area contributed by atoms with Gasteiger partial charge >= 0.3 is 0 Å². The van der Waals surface area contributed by atoms with Crippen LogP contribution >= 0.6 is 15.9 Å². The summed E-state index contributed by atoms with van der Waals surface area (Å²) >= 11 is 3.41. The van der Waals surface area contributed by atoms with Crippen molar-refractivity contribution in [3.63, 3.8) is 0 Å². The number of phenols is 1. The molecule has 0 aliphatic carbocycles. The summed E-state index contributed by atoms with van der Waals surface area (Å²) in [7, 11) is 0. The van der Waals surface area contributed by atoms with Crippen molar-refractivity contribution in [1.82, 2.24) is 10.1 Å². The maximum absolute atomic E-state index is 9.22. The lowest BCUT2D eigenvalue weighted by atomic mass is 10.2. The van der Waals surface area contributed by atoms with Crippen LogP contribution in [-0.4, -0.2) is 15.2 Å². The summed E-state index contributed by atoms with van der Waals surface area (Å²) in [6, 6.07) is 14.5. The van der Waals surface area contributed by atoms with Crippen LogP contribution in [0.1, 0.15) is 5.89 Å². The van der Waals surface area contributed by atoms with Crippen LogP contribution < -0.4 is 5.32 Å². The highest BCUT2D eigenvalue weighted by Crippen LogP contribution is 2.20. The Bertz CT molecular complexity index is 741. The van der Waals surface area contributed by atoms with E-state index in [2.05, 4.69) is 31.4 Å². The van der Waals surface area contributed by atoms with Crippen LogP contribution in [0.5, 0.6) is 5.75 Å². The molecule has 5 nitrogen and oxygen atoms in total. The summed E-state index contributed by atoms with van der Waals surface area (Å²) in [5, 5.41) is 16.3. The van der Waals surface area contributed by atoms with Crippen molar-refractivity contribution in [2.75, 3.05) is 5.32 Å². The number of phenolic OH excluding ortho intramolecular Hbond substituents is 1. The van der Waals surface area contributed by atoms with E-state index in [0.717, 1.165) is 15.7 Å². The number of anilines is 1. The molecule has 0 saturated heterocycles. The zero-order chi connectivity index (χ0) is 14.7. The molecule has 0 aliphatic heterocycles. The molecule has 0 saturated carbocycles. The average molecular weight is 346 g/mol. The minimum atomic E-state index is 0.232. The first kappa shape index (κ1) is 13.6. The van der Waals surface area contributed by atoms with Crippen molar-refractivity contribution in [3.8, 4) is 17.1 Å². The summed E-state index contributed by atoms with van der Waals surface area (Å²) < 4.78 is 6.18. The molecule has 0 spiro atoms. The van der Waals surface area contributed by atoms with E-state index in [1.165, 1.54) is 0 Å². The molecule has 0 bridgehead atoms. The van der Waals surface area contributed by atoms with Gasteiger partial charge in [-0.15, -0.1) is 0 Å². The topological polar surface area (TPSA) is 71.2 Å². The zero-order valence-electron chi connectivity index (χ0n) is 11.0. The molecule has 106 valence electrons. The summed E-state index contributed by atoms with van der Waals surface area (Å²) in [4.78, 5) is 4.34. The van der Waals surface area contributed by atoms with E-state index in [-0.39, 0.29) is 5.75 Å². The van der Waals surface area contributed by atoms with E-state index < -0.39 is 0 Å².